The molecule has 2 aromatic carbocycles. The summed E-state index contributed by atoms with van der Waals surface area (Å²) >= 11 is 0. The fourth-order valence-corrected chi connectivity index (χ4v) is 3.14. The molecule has 3 rings (SSSR count). The molecule has 2 N–H and O–H groups in total. The molecule has 0 bridgehead atoms. The molecule has 0 unspecified atom stereocenters. The van der Waals surface area contributed by atoms with Crippen LogP contribution < -0.4 is 10.6 Å². The number of benzene rings is 2. The number of hydrogen-bond acceptors (Lipinski definition) is 3. The van der Waals surface area contributed by atoms with E-state index in [2.05, 4.69) is 46.7 Å². The lowest BCUT2D eigenvalue weighted by Crippen LogP contribution is -2.49. The van der Waals surface area contributed by atoms with Crippen LogP contribution in [0.3, 0.4) is 0 Å². The van der Waals surface area contributed by atoms with Gasteiger partial charge in [-0.2, -0.15) is 0 Å². The van der Waals surface area contributed by atoms with Crippen LogP contribution in [0.5, 0.6) is 0 Å². The second-order valence-corrected chi connectivity index (χ2v) is 6.94. The molecule has 27 heavy (non-hydrogen) atoms. The summed E-state index contributed by atoms with van der Waals surface area (Å²) in [5.74, 6) is -0.136. The quantitative estimate of drug-likeness (QED) is 0.873. The number of nitrogens with zero attached hydrogens (tertiary/aromatic N) is 2. The highest BCUT2D eigenvalue weighted by Crippen LogP contribution is 2.16. The predicted octanol–water partition coefficient (Wildman–Crippen LogP) is 3.30. The molecule has 0 aromatic heterocycles. The number of anilines is 2. The van der Waals surface area contributed by atoms with Crippen molar-refractivity contribution in [2.45, 2.75) is 20.4 Å². The van der Waals surface area contributed by atoms with Gasteiger partial charge < -0.3 is 15.5 Å². The van der Waals surface area contributed by atoms with Gasteiger partial charge >= 0.3 is 6.03 Å². The summed E-state index contributed by atoms with van der Waals surface area (Å²) in [6.07, 6.45) is 0. The van der Waals surface area contributed by atoms with Crippen molar-refractivity contribution in [3.8, 4) is 0 Å². The summed E-state index contributed by atoms with van der Waals surface area (Å²) in [5.41, 5.74) is 3.91. The highest BCUT2D eigenvalue weighted by Gasteiger charge is 2.21. The minimum Gasteiger partial charge on any atom is -0.326 e. The fourth-order valence-electron chi connectivity index (χ4n) is 3.14. The first-order chi connectivity index (χ1) is 13.0. The first-order valence-corrected chi connectivity index (χ1v) is 9.21. The molecule has 0 saturated carbocycles. The van der Waals surface area contributed by atoms with Crippen LogP contribution >= 0.6 is 0 Å². The average Bonchev–Trinajstić information content (AvgIpc) is 2.64. The Bertz CT molecular complexity index is 796. The lowest BCUT2D eigenvalue weighted by molar-refractivity contribution is -0.114. The van der Waals surface area contributed by atoms with Crippen LogP contribution in [0.1, 0.15) is 18.1 Å². The van der Waals surface area contributed by atoms with Crippen LogP contribution in [0.25, 0.3) is 0 Å². The number of urea groups is 1. The SMILES string of the molecule is CC(=O)Nc1cccc(NC(=O)N2CCN(Cc3ccc(C)cc3)CC2)c1. The minimum atomic E-state index is -0.136. The molecule has 0 spiro atoms. The van der Waals surface area contributed by atoms with Crippen molar-refractivity contribution in [1.29, 1.82) is 0 Å². The van der Waals surface area contributed by atoms with E-state index in [1.807, 2.05) is 11.0 Å². The molecule has 0 radical (unpaired) electrons. The zero-order chi connectivity index (χ0) is 19.2. The maximum Gasteiger partial charge on any atom is 0.321 e. The number of piperazine rings is 1. The molecule has 6 nitrogen and oxygen atoms in total. The molecule has 1 aliphatic rings. The summed E-state index contributed by atoms with van der Waals surface area (Å²) in [4.78, 5) is 27.9. The Balaban J connectivity index is 1.49. The van der Waals surface area contributed by atoms with Gasteiger partial charge in [-0.1, -0.05) is 35.9 Å². The summed E-state index contributed by atoms with van der Waals surface area (Å²) in [7, 11) is 0. The summed E-state index contributed by atoms with van der Waals surface area (Å²) in [5, 5.41) is 5.63. The Morgan fingerprint density at radius 3 is 2.19 bits per heavy atom. The van der Waals surface area contributed by atoms with Crippen molar-refractivity contribution < 1.29 is 9.59 Å². The molecular weight excluding hydrogens is 340 g/mol. The van der Waals surface area contributed by atoms with E-state index in [9.17, 15) is 9.59 Å². The molecule has 1 aliphatic heterocycles. The number of aryl methyl sites for hydroxylation is 1. The van der Waals surface area contributed by atoms with E-state index >= 15 is 0 Å². The molecule has 0 atom stereocenters. The zero-order valence-electron chi connectivity index (χ0n) is 15.9. The third-order valence-corrected chi connectivity index (χ3v) is 4.62. The van der Waals surface area contributed by atoms with Crippen molar-refractivity contribution in [1.82, 2.24) is 9.80 Å². The third kappa shape index (κ3) is 5.56. The number of nitrogens with one attached hydrogen (secondary N) is 2. The number of amides is 3. The number of carbonyl (C=O) groups is 2. The first kappa shape index (κ1) is 18.9. The van der Waals surface area contributed by atoms with E-state index in [-0.39, 0.29) is 11.9 Å². The Kier molecular flexibility index (Phi) is 6.08. The van der Waals surface area contributed by atoms with Crippen LogP contribution in [0.15, 0.2) is 48.5 Å². The van der Waals surface area contributed by atoms with Gasteiger partial charge in [0.25, 0.3) is 0 Å². The molecule has 1 heterocycles. The van der Waals surface area contributed by atoms with Crippen LogP contribution in [-0.2, 0) is 11.3 Å². The van der Waals surface area contributed by atoms with Crippen LogP contribution in [0.4, 0.5) is 16.2 Å². The molecule has 0 aliphatic carbocycles. The fraction of sp³-hybridized carbons (Fsp3) is 0.333. The van der Waals surface area contributed by atoms with Crippen molar-refractivity contribution >= 4 is 23.3 Å². The van der Waals surface area contributed by atoms with Gasteiger partial charge in [-0.3, -0.25) is 9.69 Å². The number of rotatable bonds is 4. The third-order valence-electron chi connectivity index (χ3n) is 4.62. The first-order valence-electron chi connectivity index (χ1n) is 9.21. The zero-order valence-corrected chi connectivity index (χ0v) is 15.9. The van der Waals surface area contributed by atoms with E-state index in [1.54, 1.807) is 18.2 Å². The molecule has 142 valence electrons. The molecule has 1 saturated heterocycles. The van der Waals surface area contributed by atoms with Gasteiger partial charge in [-0.05, 0) is 30.7 Å². The van der Waals surface area contributed by atoms with E-state index in [1.165, 1.54) is 18.1 Å². The molecule has 6 heteroatoms. The van der Waals surface area contributed by atoms with Gasteiger partial charge in [0.05, 0.1) is 0 Å². The smallest absolute Gasteiger partial charge is 0.321 e. The topological polar surface area (TPSA) is 64.7 Å². The van der Waals surface area contributed by atoms with Crippen molar-refractivity contribution in [2.75, 3.05) is 36.8 Å². The van der Waals surface area contributed by atoms with E-state index in [4.69, 9.17) is 0 Å². The second-order valence-electron chi connectivity index (χ2n) is 6.94. The minimum absolute atomic E-state index is 0.107. The molecular formula is C21H26N4O2. The van der Waals surface area contributed by atoms with E-state index < -0.39 is 0 Å². The summed E-state index contributed by atoms with van der Waals surface area (Å²) in [6.45, 7) is 7.56. The second kappa shape index (κ2) is 8.68. The Morgan fingerprint density at radius 1 is 0.926 bits per heavy atom. The van der Waals surface area contributed by atoms with Crippen LogP contribution in [0, 0.1) is 6.92 Å². The van der Waals surface area contributed by atoms with Crippen LogP contribution in [0.2, 0.25) is 0 Å². The lowest BCUT2D eigenvalue weighted by Gasteiger charge is -2.34. The largest absolute Gasteiger partial charge is 0.326 e. The highest BCUT2D eigenvalue weighted by atomic mass is 16.2. The van der Waals surface area contributed by atoms with Gasteiger partial charge in [0, 0.05) is 51.0 Å². The van der Waals surface area contributed by atoms with E-state index in [0.717, 1.165) is 19.6 Å². The summed E-state index contributed by atoms with van der Waals surface area (Å²) in [6, 6.07) is 15.7. The average molecular weight is 366 g/mol. The molecule has 1 fully saturated rings. The highest BCUT2D eigenvalue weighted by molar-refractivity contribution is 5.92. The predicted molar refractivity (Wildman–Crippen MR) is 108 cm³/mol. The van der Waals surface area contributed by atoms with Crippen molar-refractivity contribution in [3.63, 3.8) is 0 Å². The molecule has 2 aromatic rings. The van der Waals surface area contributed by atoms with Gasteiger partial charge in [-0.15, -0.1) is 0 Å². The monoisotopic (exact) mass is 366 g/mol. The van der Waals surface area contributed by atoms with Gasteiger partial charge in [0.2, 0.25) is 5.91 Å². The number of hydrogen-bond donors (Lipinski definition) is 2. The Morgan fingerprint density at radius 2 is 1.56 bits per heavy atom. The van der Waals surface area contributed by atoms with Crippen LogP contribution in [-0.4, -0.2) is 47.9 Å². The Hall–Kier alpha value is -2.86. The van der Waals surface area contributed by atoms with E-state index in [0.29, 0.717) is 24.5 Å². The summed E-state index contributed by atoms with van der Waals surface area (Å²) < 4.78 is 0. The van der Waals surface area contributed by atoms with Gasteiger partial charge in [0.15, 0.2) is 0 Å². The van der Waals surface area contributed by atoms with Crippen molar-refractivity contribution in [3.05, 3.63) is 59.7 Å². The van der Waals surface area contributed by atoms with Gasteiger partial charge in [-0.25, -0.2) is 4.79 Å². The van der Waals surface area contributed by atoms with Crippen molar-refractivity contribution in [2.24, 2.45) is 0 Å². The maximum absolute atomic E-state index is 12.5. The van der Waals surface area contributed by atoms with Gasteiger partial charge in [0.1, 0.15) is 0 Å². The maximum atomic E-state index is 12.5. The molecule has 3 amide bonds. The lowest BCUT2D eigenvalue weighted by atomic mass is 10.1. The number of carbonyl (C=O) groups excluding carboxylic acids is 2. The standard InChI is InChI=1S/C21H26N4O2/c1-16-6-8-18(9-7-16)15-24-10-12-25(13-11-24)21(27)23-20-5-3-4-19(14-20)22-17(2)26/h3-9,14H,10-13,15H2,1-2H3,(H,22,26)(H,23,27). The Labute approximate surface area is 160 Å². The normalized spacial score (nSPS) is 14.7.